The molecule has 1 aliphatic rings. The van der Waals surface area contributed by atoms with Gasteiger partial charge in [-0.15, -0.1) is 0 Å². The van der Waals surface area contributed by atoms with E-state index in [9.17, 15) is 19.0 Å². The minimum atomic E-state index is -0.951. The third-order valence-corrected chi connectivity index (χ3v) is 4.52. The third-order valence-electron chi connectivity index (χ3n) is 4.52. The van der Waals surface area contributed by atoms with Crippen molar-refractivity contribution in [1.82, 2.24) is 5.32 Å². The summed E-state index contributed by atoms with van der Waals surface area (Å²) in [5, 5.41) is 23.5. The third kappa shape index (κ3) is 4.37. The molecule has 26 heavy (non-hydrogen) atoms. The number of ether oxygens (including phenoxy) is 1. The van der Waals surface area contributed by atoms with E-state index in [2.05, 4.69) is 5.32 Å². The van der Waals surface area contributed by atoms with Crippen molar-refractivity contribution in [3.63, 3.8) is 0 Å². The van der Waals surface area contributed by atoms with E-state index < -0.39 is 29.9 Å². The minimum absolute atomic E-state index is 0.0123. The Kier molecular flexibility index (Phi) is 5.83. The molecule has 0 spiro atoms. The van der Waals surface area contributed by atoms with E-state index in [1.165, 1.54) is 0 Å². The van der Waals surface area contributed by atoms with Crippen LogP contribution in [0.5, 0.6) is 5.75 Å². The van der Waals surface area contributed by atoms with Crippen molar-refractivity contribution in [3.05, 3.63) is 65.2 Å². The Bertz CT molecular complexity index is 739. The molecular weight excluding hydrogens is 342 g/mol. The summed E-state index contributed by atoms with van der Waals surface area (Å²) >= 11 is 0. The maximum Gasteiger partial charge on any atom is 0.129 e. The largest absolute Gasteiger partial charge is 0.492 e. The highest BCUT2D eigenvalue weighted by atomic mass is 19.1. The first-order valence-corrected chi connectivity index (χ1v) is 8.46. The maximum absolute atomic E-state index is 13.1. The molecule has 0 radical (unpaired) electrons. The molecule has 0 fully saturated rings. The Morgan fingerprint density at radius 1 is 1.19 bits per heavy atom. The van der Waals surface area contributed by atoms with E-state index >= 15 is 0 Å². The molecule has 0 saturated carbocycles. The zero-order valence-electron chi connectivity index (χ0n) is 14.1. The predicted molar refractivity (Wildman–Crippen MR) is 92.7 cm³/mol. The number of aliphatic hydroxyl groups is 2. The van der Waals surface area contributed by atoms with Gasteiger partial charge in [-0.25, -0.2) is 8.78 Å². The molecule has 0 saturated heterocycles. The van der Waals surface area contributed by atoms with E-state index in [1.54, 1.807) is 0 Å². The lowest BCUT2D eigenvalue weighted by atomic mass is 10.1. The fourth-order valence-electron chi connectivity index (χ4n) is 3.13. The van der Waals surface area contributed by atoms with Gasteiger partial charge in [0.2, 0.25) is 0 Å². The number of rotatable bonds is 7. The molecule has 7 heteroatoms. The number of fused-ring (bicyclic) bond motifs is 1. The first-order valence-electron chi connectivity index (χ1n) is 8.46. The second-order valence-electron chi connectivity index (χ2n) is 6.50. The van der Waals surface area contributed by atoms with Gasteiger partial charge in [0.25, 0.3) is 0 Å². The van der Waals surface area contributed by atoms with Gasteiger partial charge in [-0.05, 0) is 11.1 Å². The summed E-state index contributed by atoms with van der Waals surface area (Å²) in [4.78, 5) is 0. The van der Waals surface area contributed by atoms with Crippen LogP contribution in [0.1, 0.15) is 17.2 Å². The molecule has 5 nitrogen and oxygen atoms in total. The lowest BCUT2D eigenvalue weighted by Crippen LogP contribution is -2.46. The van der Waals surface area contributed by atoms with E-state index in [-0.39, 0.29) is 24.9 Å². The summed E-state index contributed by atoms with van der Waals surface area (Å²) in [5.74, 6) is -1.48. The smallest absolute Gasteiger partial charge is 0.129 e. The molecule has 140 valence electrons. The Morgan fingerprint density at radius 3 is 2.62 bits per heavy atom. The molecule has 1 aliphatic carbocycles. The van der Waals surface area contributed by atoms with Crippen molar-refractivity contribution in [2.24, 2.45) is 5.73 Å². The standard InChI is InChI=1S/C19H22F2N2O3/c20-12-6-13(21)8-14(7-12)26-10-16(22)18(25)9-23-19-15-4-2-1-3-11(15)5-17(19)24/h1-4,6-8,16-19,23-25H,5,9-10,22H2/t16-,17-,18+,19-/m0/s1. The van der Waals surface area contributed by atoms with Gasteiger partial charge in [0, 0.05) is 31.2 Å². The number of aliphatic hydroxyl groups excluding tert-OH is 2. The molecule has 4 atom stereocenters. The Morgan fingerprint density at radius 2 is 1.88 bits per heavy atom. The van der Waals surface area contributed by atoms with Crippen LogP contribution in [0.2, 0.25) is 0 Å². The lowest BCUT2D eigenvalue weighted by Gasteiger charge is -2.23. The first kappa shape index (κ1) is 18.7. The second-order valence-corrected chi connectivity index (χ2v) is 6.50. The topological polar surface area (TPSA) is 87.7 Å². The number of hydrogen-bond donors (Lipinski definition) is 4. The highest BCUT2D eigenvalue weighted by molar-refractivity contribution is 5.36. The maximum atomic E-state index is 13.1. The van der Waals surface area contributed by atoms with Crippen LogP contribution in [-0.4, -0.2) is 41.6 Å². The quantitative estimate of drug-likeness (QED) is 0.595. The van der Waals surface area contributed by atoms with Gasteiger partial charge in [0.05, 0.1) is 24.3 Å². The zero-order chi connectivity index (χ0) is 18.7. The zero-order valence-corrected chi connectivity index (χ0v) is 14.1. The summed E-state index contributed by atoms with van der Waals surface area (Å²) < 4.78 is 31.5. The highest BCUT2D eigenvalue weighted by Gasteiger charge is 2.31. The lowest BCUT2D eigenvalue weighted by molar-refractivity contribution is 0.0942. The van der Waals surface area contributed by atoms with Crippen LogP contribution in [0.15, 0.2) is 42.5 Å². The molecule has 0 unspecified atom stereocenters. The summed E-state index contributed by atoms with van der Waals surface area (Å²) in [6.07, 6.45) is -0.958. The van der Waals surface area contributed by atoms with Crippen LogP contribution in [0.25, 0.3) is 0 Å². The number of halogens is 2. The van der Waals surface area contributed by atoms with Gasteiger partial charge < -0.3 is 26.0 Å². The Balaban J connectivity index is 1.51. The van der Waals surface area contributed by atoms with Gasteiger partial charge >= 0.3 is 0 Å². The fourth-order valence-corrected chi connectivity index (χ4v) is 3.13. The molecule has 3 rings (SSSR count). The summed E-state index contributed by atoms with van der Waals surface area (Å²) in [7, 11) is 0. The molecular formula is C19H22F2N2O3. The van der Waals surface area contributed by atoms with Gasteiger partial charge in [0.1, 0.15) is 24.0 Å². The number of hydrogen-bond acceptors (Lipinski definition) is 5. The molecule has 2 aromatic rings. The average Bonchev–Trinajstić information content (AvgIpc) is 2.92. The average molecular weight is 364 g/mol. The highest BCUT2D eigenvalue weighted by Crippen LogP contribution is 2.31. The van der Waals surface area contributed by atoms with Gasteiger partial charge in [-0.2, -0.15) is 0 Å². The van der Waals surface area contributed by atoms with Crippen molar-refractivity contribution in [3.8, 4) is 5.75 Å². The van der Waals surface area contributed by atoms with Crippen LogP contribution in [0.4, 0.5) is 8.78 Å². The van der Waals surface area contributed by atoms with Crippen molar-refractivity contribution >= 4 is 0 Å². The molecule has 5 N–H and O–H groups in total. The molecule has 0 amide bonds. The molecule has 0 bridgehead atoms. The van der Waals surface area contributed by atoms with E-state index in [0.29, 0.717) is 6.42 Å². The molecule has 2 aromatic carbocycles. The van der Waals surface area contributed by atoms with Crippen LogP contribution in [0.3, 0.4) is 0 Å². The summed E-state index contributed by atoms with van der Waals surface area (Å²) in [6, 6.07) is 9.54. The van der Waals surface area contributed by atoms with E-state index in [1.807, 2.05) is 24.3 Å². The molecule has 0 aromatic heterocycles. The van der Waals surface area contributed by atoms with Crippen molar-refractivity contribution < 1.29 is 23.7 Å². The Hall–Kier alpha value is -2.06. The fraction of sp³-hybridized carbons (Fsp3) is 0.368. The summed E-state index contributed by atoms with van der Waals surface area (Å²) in [6.45, 7) is 0.0493. The van der Waals surface area contributed by atoms with Gasteiger partial charge in [-0.1, -0.05) is 24.3 Å². The number of nitrogens with two attached hydrogens (primary N) is 1. The SMILES string of the molecule is N[C@@H](COc1cc(F)cc(F)c1)[C@H](O)CN[C@H]1c2ccccc2C[C@@H]1O. The van der Waals surface area contributed by atoms with Crippen molar-refractivity contribution in [1.29, 1.82) is 0 Å². The molecule has 0 aliphatic heterocycles. The van der Waals surface area contributed by atoms with Crippen molar-refractivity contribution in [2.75, 3.05) is 13.2 Å². The second kappa shape index (κ2) is 8.09. The van der Waals surface area contributed by atoms with Crippen LogP contribution < -0.4 is 15.8 Å². The van der Waals surface area contributed by atoms with E-state index in [0.717, 1.165) is 29.3 Å². The minimum Gasteiger partial charge on any atom is -0.492 e. The van der Waals surface area contributed by atoms with Crippen LogP contribution >= 0.6 is 0 Å². The van der Waals surface area contributed by atoms with Gasteiger partial charge in [0.15, 0.2) is 0 Å². The summed E-state index contributed by atoms with van der Waals surface area (Å²) in [5.41, 5.74) is 7.97. The number of benzene rings is 2. The first-order chi connectivity index (χ1) is 12.4. The van der Waals surface area contributed by atoms with Crippen LogP contribution in [0, 0.1) is 11.6 Å². The predicted octanol–water partition coefficient (Wildman–Crippen LogP) is 1.28. The van der Waals surface area contributed by atoms with Crippen LogP contribution in [-0.2, 0) is 6.42 Å². The molecule has 0 heterocycles. The van der Waals surface area contributed by atoms with E-state index in [4.69, 9.17) is 10.5 Å². The van der Waals surface area contributed by atoms with Crippen molar-refractivity contribution in [2.45, 2.75) is 30.7 Å². The Labute approximate surface area is 150 Å². The monoisotopic (exact) mass is 364 g/mol. The normalized spacial score (nSPS) is 21.3. The van der Waals surface area contributed by atoms with Gasteiger partial charge in [-0.3, -0.25) is 0 Å². The number of nitrogens with one attached hydrogen (secondary N) is 1.